The first kappa shape index (κ1) is 76.1. The van der Waals surface area contributed by atoms with Crippen molar-refractivity contribution in [3.63, 3.8) is 0 Å². The van der Waals surface area contributed by atoms with E-state index in [2.05, 4.69) is 19.9 Å². The highest BCUT2D eigenvalue weighted by Crippen LogP contribution is 2.33. The number of ether oxygens (including phenoxy) is 3. The highest BCUT2D eigenvalue weighted by Gasteiger charge is 2.33. The Kier molecular flexibility index (Phi) is 28.1. The summed E-state index contributed by atoms with van der Waals surface area (Å²) < 4.78 is 163. The first-order valence-electron chi connectivity index (χ1n) is 28.3. The SMILES string of the molecule is CCOC(=O)c1[nH]cc(C(=O)Cc2ccc(C(F)(F)F)cc2)c1C.CCOC(=O)c1[nH]cc(CCc2ccc(C(F)(F)F)cc2)c1C.CCOC(=O)c1[nH]ccc1C.Cc1c(CCc2ccc(C(F)(F)F)cc2)c[nH]c1C(=O)O.O=C(Cl)Cc1ccc(C(F)(F)F)cc1. The van der Waals surface area contributed by atoms with Crippen molar-refractivity contribution in [3.05, 3.63) is 234 Å². The minimum atomic E-state index is -4.41. The summed E-state index contributed by atoms with van der Waals surface area (Å²) in [5, 5.41) is 8.34. The molecule has 4 aromatic heterocycles. The van der Waals surface area contributed by atoms with Crippen molar-refractivity contribution < 1.29 is 101 Å². The standard InChI is InChI=1S/C17H16F3NO3.C17H18F3NO2.C15H14F3NO2.C9H6ClF3O.C8H11NO2/c1-3-24-16(23)15-10(2)13(9-21-15)14(22)8-11-4-6-12(7-5-11)17(18,19)20;1-3-23-16(22)15-11(2)13(10-21-15)7-4-12-5-8-14(9-6-12)17(18,19)20;1-9-11(8-19-13(9)14(20)21)5-2-10-3-6-12(7-4-10)15(16,17)18;10-8(14)5-6-1-3-7(4-2-6)9(11,12)13;1-3-11-8(10)7-6(2)4-5-9-7/h4-7,9,21H,3,8H2,1-2H3;5-6,8-10,21H,3-4,7H2,1-2H3;3-4,6-8,19H,2,5H2,1H3,(H,20,21);1-4H,5H2;4-5,9H,3H2,1-2H3. The number of Topliss-reactive ketones (excluding diaryl/α,β-unsaturated/α-hetero) is 1. The number of carbonyl (C=O) groups excluding carboxylic acids is 5. The topological polar surface area (TPSA) is 213 Å². The van der Waals surface area contributed by atoms with Gasteiger partial charge in [-0.2, -0.15) is 52.7 Å². The molecule has 0 spiro atoms. The van der Waals surface area contributed by atoms with E-state index >= 15 is 0 Å². The number of H-pyrrole nitrogens is 4. The molecule has 14 nitrogen and oxygen atoms in total. The lowest BCUT2D eigenvalue weighted by Crippen LogP contribution is -2.09. The van der Waals surface area contributed by atoms with Crippen molar-refractivity contribution in [2.45, 2.75) is 112 Å². The van der Waals surface area contributed by atoms with Gasteiger partial charge in [0.05, 0.1) is 42.1 Å². The molecule has 8 aromatic rings. The summed E-state index contributed by atoms with van der Waals surface area (Å²) in [6.07, 6.45) is -8.65. The molecule has 0 aliphatic carbocycles. The van der Waals surface area contributed by atoms with E-state index in [1.54, 1.807) is 53.2 Å². The molecule has 4 heterocycles. The third-order valence-corrected chi connectivity index (χ3v) is 13.9. The Bertz CT molecular complexity index is 3750. The van der Waals surface area contributed by atoms with Crippen LogP contribution in [0.3, 0.4) is 0 Å². The molecule has 0 aliphatic rings. The van der Waals surface area contributed by atoms with E-state index < -0.39 is 70.1 Å². The number of carboxylic acids is 1. The molecule has 0 unspecified atom stereocenters. The number of nitrogens with one attached hydrogen (secondary N) is 4. The molecule has 0 amide bonds. The molecule has 4 aromatic carbocycles. The van der Waals surface area contributed by atoms with Gasteiger partial charge in [-0.3, -0.25) is 9.59 Å². The van der Waals surface area contributed by atoms with E-state index in [0.717, 1.165) is 81.9 Å². The maximum absolute atomic E-state index is 12.5. The predicted molar refractivity (Wildman–Crippen MR) is 320 cm³/mol. The van der Waals surface area contributed by atoms with Crippen LogP contribution in [0.1, 0.15) is 151 Å². The molecule has 0 bridgehead atoms. The number of benzene rings is 4. The molecular formula is C66H65ClF12N4O10. The molecule has 0 fully saturated rings. The van der Waals surface area contributed by atoms with Crippen LogP contribution < -0.4 is 0 Å². The second-order valence-electron chi connectivity index (χ2n) is 20.2. The number of rotatable bonds is 18. The average Bonchev–Trinajstić information content (AvgIpc) is 1.83. The number of carboxylic acid groups (broad SMARTS) is 1. The smallest absolute Gasteiger partial charge is 0.416 e. The number of hydrogen-bond donors (Lipinski definition) is 5. The maximum atomic E-state index is 12.5. The number of ketones is 1. The number of aromatic carboxylic acids is 1. The van der Waals surface area contributed by atoms with E-state index in [9.17, 15) is 81.5 Å². The van der Waals surface area contributed by atoms with Crippen molar-refractivity contribution in [2.75, 3.05) is 19.8 Å². The average molecular weight is 1340 g/mol. The monoisotopic (exact) mass is 1340 g/mol. The fourth-order valence-electron chi connectivity index (χ4n) is 8.64. The molecule has 5 N–H and O–H groups in total. The Morgan fingerprint density at radius 1 is 0.409 bits per heavy atom. The quantitative estimate of drug-likeness (QED) is 0.0180. The Morgan fingerprint density at radius 2 is 0.731 bits per heavy atom. The zero-order valence-corrected chi connectivity index (χ0v) is 51.8. The van der Waals surface area contributed by atoms with Crippen molar-refractivity contribution in [1.29, 1.82) is 0 Å². The van der Waals surface area contributed by atoms with Gasteiger partial charge >= 0.3 is 48.6 Å². The van der Waals surface area contributed by atoms with Crippen LogP contribution >= 0.6 is 11.6 Å². The molecule has 500 valence electrons. The van der Waals surface area contributed by atoms with E-state index in [1.165, 1.54) is 54.7 Å². The summed E-state index contributed by atoms with van der Waals surface area (Å²) in [5.74, 6) is -2.54. The number of esters is 3. The summed E-state index contributed by atoms with van der Waals surface area (Å²) in [5.41, 5.74) is 6.02. The number of carbonyl (C=O) groups is 6. The van der Waals surface area contributed by atoms with Gasteiger partial charge in [0.2, 0.25) is 5.24 Å². The summed E-state index contributed by atoms with van der Waals surface area (Å²) in [4.78, 5) is 79.3. The van der Waals surface area contributed by atoms with Crippen LogP contribution in [0.4, 0.5) is 52.7 Å². The van der Waals surface area contributed by atoms with Gasteiger partial charge in [0.1, 0.15) is 22.8 Å². The van der Waals surface area contributed by atoms with E-state index in [1.807, 2.05) is 19.9 Å². The molecular weight excluding hydrogens is 1270 g/mol. The summed E-state index contributed by atoms with van der Waals surface area (Å²) in [7, 11) is 0. The van der Waals surface area contributed by atoms with Gasteiger partial charge in [0, 0.05) is 43.2 Å². The fraction of sp³-hybridized carbons (Fsp3) is 0.303. The minimum absolute atomic E-state index is 0.0559. The van der Waals surface area contributed by atoms with E-state index in [0.29, 0.717) is 78.1 Å². The molecule has 0 saturated carbocycles. The fourth-order valence-corrected chi connectivity index (χ4v) is 8.80. The van der Waals surface area contributed by atoms with Crippen molar-refractivity contribution in [3.8, 4) is 0 Å². The van der Waals surface area contributed by atoms with Crippen molar-refractivity contribution in [1.82, 2.24) is 19.9 Å². The number of aromatic amines is 4. The van der Waals surface area contributed by atoms with Gasteiger partial charge in [-0.25, -0.2) is 19.2 Å². The van der Waals surface area contributed by atoms with Crippen molar-refractivity contribution in [2.24, 2.45) is 0 Å². The lowest BCUT2D eigenvalue weighted by atomic mass is 10.0. The lowest BCUT2D eigenvalue weighted by Gasteiger charge is -2.07. The second-order valence-corrected chi connectivity index (χ2v) is 20.7. The molecule has 0 saturated heterocycles. The maximum Gasteiger partial charge on any atom is 0.416 e. The van der Waals surface area contributed by atoms with Crippen molar-refractivity contribution >= 4 is 46.5 Å². The molecule has 27 heteroatoms. The van der Waals surface area contributed by atoms with Crippen LogP contribution in [-0.2, 0) is 82.2 Å². The van der Waals surface area contributed by atoms with Gasteiger partial charge in [-0.05, 0) is 196 Å². The van der Waals surface area contributed by atoms with Crippen LogP contribution in [0.15, 0.2) is 128 Å². The largest absolute Gasteiger partial charge is 0.477 e. The third kappa shape index (κ3) is 23.7. The number of alkyl halides is 12. The zero-order valence-electron chi connectivity index (χ0n) is 51.0. The van der Waals surface area contributed by atoms with Crippen LogP contribution in [0.25, 0.3) is 0 Å². The molecule has 0 aliphatic heterocycles. The summed E-state index contributed by atoms with van der Waals surface area (Å²) >= 11 is 5.08. The Morgan fingerprint density at radius 3 is 1.05 bits per heavy atom. The minimum Gasteiger partial charge on any atom is -0.477 e. The van der Waals surface area contributed by atoms with Gasteiger partial charge < -0.3 is 39.3 Å². The number of halogens is 13. The molecule has 8 rings (SSSR count). The van der Waals surface area contributed by atoms with E-state index in [-0.39, 0.29) is 42.6 Å². The molecule has 93 heavy (non-hydrogen) atoms. The van der Waals surface area contributed by atoms with Crippen LogP contribution in [0, 0.1) is 27.7 Å². The normalized spacial score (nSPS) is 11.3. The summed E-state index contributed by atoms with van der Waals surface area (Å²) in [6.45, 7) is 13.1. The predicted octanol–water partition coefficient (Wildman–Crippen LogP) is 16.6. The Hall–Kier alpha value is -9.33. The Labute approximate surface area is 531 Å². The zero-order chi connectivity index (χ0) is 69.6. The van der Waals surface area contributed by atoms with Gasteiger partial charge in [-0.15, -0.1) is 0 Å². The number of aryl methyl sites for hydroxylation is 5. The first-order chi connectivity index (χ1) is 43.5. The highest BCUT2D eigenvalue weighted by molar-refractivity contribution is 6.63. The second kappa shape index (κ2) is 34.4. The van der Waals surface area contributed by atoms with Gasteiger partial charge in [0.15, 0.2) is 5.78 Å². The Balaban J connectivity index is 0.000000254. The third-order valence-electron chi connectivity index (χ3n) is 13.7. The number of aromatic nitrogens is 4. The van der Waals surface area contributed by atoms with Crippen LogP contribution in [-0.4, -0.2) is 79.8 Å². The van der Waals surface area contributed by atoms with E-state index in [4.69, 9.17) is 30.9 Å². The van der Waals surface area contributed by atoms with Gasteiger partial charge in [-0.1, -0.05) is 48.5 Å². The molecule has 0 atom stereocenters. The number of hydrogen-bond acceptors (Lipinski definition) is 9. The highest BCUT2D eigenvalue weighted by atomic mass is 35.5. The van der Waals surface area contributed by atoms with Gasteiger partial charge in [0.25, 0.3) is 0 Å². The lowest BCUT2D eigenvalue weighted by molar-refractivity contribution is -0.138. The van der Waals surface area contributed by atoms with Crippen LogP contribution in [0.5, 0.6) is 0 Å². The first-order valence-corrected chi connectivity index (χ1v) is 28.6. The molecule has 0 radical (unpaired) electrons. The summed E-state index contributed by atoms with van der Waals surface area (Å²) in [6, 6.07) is 20.7. The van der Waals surface area contributed by atoms with Crippen LogP contribution in [0.2, 0.25) is 0 Å².